The van der Waals surface area contributed by atoms with E-state index in [0.29, 0.717) is 0 Å². The normalized spacial score (nSPS) is 11.6. The summed E-state index contributed by atoms with van der Waals surface area (Å²) < 4.78 is 0. The summed E-state index contributed by atoms with van der Waals surface area (Å²) >= 11 is 0. The van der Waals surface area contributed by atoms with Crippen molar-refractivity contribution in [2.45, 2.75) is 52.4 Å². The van der Waals surface area contributed by atoms with Crippen LogP contribution in [0, 0.1) is 12.1 Å². The number of pyridine rings is 2. The SMILES string of the molecule is CC(C)(C)c1cc[c-]c(-c2cc(C(C)(C)C)ccn2)c1.[Ir].[c-]1cc2c3ccccc3c3ccccc3c2cc1-c1ccccn1. The zero-order valence-electron chi connectivity index (χ0n) is 26.8. The number of fused-ring (bicyclic) bond motifs is 6. The maximum atomic E-state index is 4.52. The summed E-state index contributed by atoms with van der Waals surface area (Å²) in [6.07, 6.45) is 3.72. The first-order valence-corrected chi connectivity index (χ1v) is 15.2. The molecule has 1 radical (unpaired) electrons. The van der Waals surface area contributed by atoms with Crippen LogP contribution in [0.15, 0.2) is 122 Å². The summed E-state index contributed by atoms with van der Waals surface area (Å²) in [6, 6.07) is 44.9. The molecule has 2 aromatic heterocycles. The standard InChI is InChI=1S/C23H14N.C19H24N.Ir/c1-2-9-19-17(7-1)18-8-3-4-10-20(18)22-15-16(12-13-21(19)22)23-11-5-6-14-24-23;1-18(2,3)15-9-7-8-14(12-15)17-13-16(10-11-20-17)19(4,5)6;/h1-11,13-15H;7,9-13H,1-6H3;/q2*-1;. The van der Waals surface area contributed by atoms with Gasteiger partial charge < -0.3 is 9.97 Å². The molecular weight excluding hydrogens is 725 g/mol. The van der Waals surface area contributed by atoms with Gasteiger partial charge in [0.15, 0.2) is 0 Å². The third kappa shape index (κ3) is 6.91. The molecule has 5 aromatic carbocycles. The summed E-state index contributed by atoms with van der Waals surface area (Å²) in [5.41, 5.74) is 6.96. The van der Waals surface area contributed by atoms with Crippen LogP contribution in [0.2, 0.25) is 0 Å². The smallest absolute Gasteiger partial charge is 0.0163 e. The molecule has 0 aliphatic carbocycles. The van der Waals surface area contributed by atoms with E-state index in [4.69, 9.17) is 0 Å². The van der Waals surface area contributed by atoms with E-state index in [1.165, 1.54) is 43.4 Å². The van der Waals surface area contributed by atoms with Crippen molar-refractivity contribution in [2.75, 3.05) is 0 Å². The predicted molar refractivity (Wildman–Crippen MR) is 187 cm³/mol. The molecule has 0 N–H and O–H groups in total. The maximum Gasteiger partial charge on any atom is 0.0163 e. The van der Waals surface area contributed by atoms with Crippen LogP contribution in [0.25, 0.3) is 54.8 Å². The number of hydrogen-bond donors (Lipinski definition) is 0. The average Bonchev–Trinajstić information content (AvgIpc) is 3.05. The molecule has 2 heterocycles. The molecule has 7 rings (SSSR count). The Morgan fingerprint density at radius 3 is 1.60 bits per heavy atom. The Bertz CT molecular complexity index is 1990. The molecule has 45 heavy (non-hydrogen) atoms. The first-order valence-electron chi connectivity index (χ1n) is 15.2. The molecule has 0 spiro atoms. The van der Waals surface area contributed by atoms with Gasteiger partial charge in [0.05, 0.1) is 0 Å². The van der Waals surface area contributed by atoms with Crippen molar-refractivity contribution < 1.29 is 20.1 Å². The molecule has 7 aromatic rings. The monoisotopic (exact) mass is 763 g/mol. The summed E-state index contributed by atoms with van der Waals surface area (Å²) in [4.78, 5) is 8.98. The van der Waals surface area contributed by atoms with Gasteiger partial charge in [-0.05, 0) is 56.1 Å². The summed E-state index contributed by atoms with van der Waals surface area (Å²) in [5, 5.41) is 7.62. The van der Waals surface area contributed by atoms with Crippen molar-refractivity contribution in [2.24, 2.45) is 0 Å². The van der Waals surface area contributed by atoms with Gasteiger partial charge >= 0.3 is 0 Å². The molecule has 0 atom stereocenters. The average molecular weight is 763 g/mol. The van der Waals surface area contributed by atoms with E-state index < -0.39 is 0 Å². The van der Waals surface area contributed by atoms with Crippen LogP contribution in [0.1, 0.15) is 52.7 Å². The minimum atomic E-state index is 0. The Morgan fingerprint density at radius 1 is 0.467 bits per heavy atom. The van der Waals surface area contributed by atoms with Crippen molar-refractivity contribution in [3.63, 3.8) is 0 Å². The Labute approximate surface area is 280 Å². The van der Waals surface area contributed by atoms with E-state index in [-0.39, 0.29) is 30.9 Å². The second kappa shape index (κ2) is 13.1. The van der Waals surface area contributed by atoms with Gasteiger partial charge in [0.1, 0.15) is 0 Å². The molecule has 0 unspecified atom stereocenters. The van der Waals surface area contributed by atoms with E-state index in [2.05, 4.69) is 149 Å². The van der Waals surface area contributed by atoms with Gasteiger partial charge in [0, 0.05) is 32.5 Å². The fraction of sp³-hybridized carbons (Fsp3) is 0.190. The second-order valence-corrected chi connectivity index (χ2v) is 13.4. The topological polar surface area (TPSA) is 25.8 Å². The van der Waals surface area contributed by atoms with Gasteiger partial charge in [-0.2, -0.15) is 0 Å². The molecule has 2 nitrogen and oxygen atoms in total. The molecule has 0 amide bonds. The van der Waals surface area contributed by atoms with Crippen molar-refractivity contribution in [3.05, 3.63) is 145 Å². The number of rotatable bonds is 2. The van der Waals surface area contributed by atoms with Crippen molar-refractivity contribution >= 4 is 32.3 Å². The Hall–Kier alpha value is -4.17. The van der Waals surface area contributed by atoms with E-state index in [1.54, 1.807) is 0 Å². The van der Waals surface area contributed by atoms with Crippen LogP contribution in [-0.2, 0) is 30.9 Å². The van der Waals surface area contributed by atoms with Crippen LogP contribution >= 0.6 is 0 Å². The summed E-state index contributed by atoms with van der Waals surface area (Å²) in [5.74, 6) is 0. The molecule has 0 aliphatic heterocycles. The van der Waals surface area contributed by atoms with E-state index >= 15 is 0 Å². The molecule has 227 valence electrons. The number of hydrogen-bond acceptors (Lipinski definition) is 2. The third-order valence-electron chi connectivity index (χ3n) is 8.19. The molecule has 0 fully saturated rings. The van der Waals surface area contributed by atoms with Crippen LogP contribution in [-0.4, -0.2) is 9.97 Å². The molecular formula is C42H38IrN2-2. The molecule has 0 saturated carbocycles. The van der Waals surface area contributed by atoms with E-state index in [0.717, 1.165) is 22.5 Å². The van der Waals surface area contributed by atoms with E-state index in [1.807, 2.05) is 36.7 Å². The van der Waals surface area contributed by atoms with Crippen molar-refractivity contribution in [1.29, 1.82) is 0 Å². The Balaban J connectivity index is 0.000000177. The van der Waals surface area contributed by atoms with Crippen molar-refractivity contribution in [3.8, 4) is 22.5 Å². The van der Waals surface area contributed by atoms with Crippen LogP contribution in [0.5, 0.6) is 0 Å². The predicted octanol–water partition coefficient (Wildman–Crippen LogP) is 11.1. The number of aromatic nitrogens is 2. The zero-order valence-corrected chi connectivity index (χ0v) is 29.2. The van der Waals surface area contributed by atoms with Crippen LogP contribution < -0.4 is 0 Å². The number of benzene rings is 5. The second-order valence-electron chi connectivity index (χ2n) is 13.4. The first kappa shape index (κ1) is 32.2. The number of nitrogens with zero attached hydrogens (tertiary/aromatic N) is 2. The first-order chi connectivity index (χ1) is 21.1. The fourth-order valence-electron chi connectivity index (χ4n) is 5.64. The van der Waals surface area contributed by atoms with E-state index in [9.17, 15) is 0 Å². The van der Waals surface area contributed by atoms with Crippen LogP contribution in [0.4, 0.5) is 0 Å². The summed E-state index contributed by atoms with van der Waals surface area (Å²) in [6.45, 7) is 13.4. The summed E-state index contributed by atoms with van der Waals surface area (Å²) in [7, 11) is 0. The van der Waals surface area contributed by atoms with Crippen LogP contribution in [0.3, 0.4) is 0 Å². The van der Waals surface area contributed by atoms with Gasteiger partial charge in [-0.3, -0.25) is 0 Å². The largest absolute Gasteiger partial charge is 0.305 e. The minimum absolute atomic E-state index is 0. The molecule has 0 aliphatic rings. The quantitative estimate of drug-likeness (QED) is 0.129. The minimum Gasteiger partial charge on any atom is -0.305 e. The third-order valence-corrected chi connectivity index (χ3v) is 8.19. The molecule has 0 bridgehead atoms. The Morgan fingerprint density at radius 2 is 1.00 bits per heavy atom. The maximum absolute atomic E-state index is 4.52. The van der Waals surface area contributed by atoms with Gasteiger partial charge in [-0.15, -0.1) is 59.2 Å². The van der Waals surface area contributed by atoms with Crippen molar-refractivity contribution in [1.82, 2.24) is 9.97 Å². The van der Waals surface area contributed by atoms with Gasteiger partial charge in [-0.25, -0.2) is 0 Å². The molecule has 0 saturated heterocycles. The van der Waals surface area contributed by atoms with Gasteiger partial charge in [0.2, 0.25) is 0 Å². The Kier molecular flexibility index (Phi) is 9.35. The van der Waals surface area contributed by atoms with Gasteiger partial charge in [-0.1, -0.05) is 124 Å². The van der Waals surface area contributed by atoms with Gasteiger partial charge in [0.25, 0.3) is 0 Å². The molecule has 3 heteroatoms. The zero-order chi connectivity index (χ0) is 30.9. The fourth-order valence-corrected chi connectivity index (χ4v) is 5.64.